The van der Waals surface area contributed by atoms with E-state index >= 15 is 0 Å². The van der Waals surface area contributed by atoms with Crippen LogP contribution in [0.4, 0.5) is 0 Å². The standard InChI is InChI=1S/C16H26N2O3/c1-15(2)13(19)17-16(3,11-7-8-11)14(20)18(15)10-12-6-4-5-9-21-12/h11-12H,4-10H2,1-3H3,(H,17,19). The van der Waals surface area contributed by atoms with Gasteiger partial charge in [0.1, 0.15) is 11.1 Å². The molecule has 2 atom stereocenters. The minimum Gasteiger partial charge on any atom is -0.376 e. The first-order valence-electron chi connectivity index (χ1n) is 8.12. The molecular weight excluding hydrogens is 268 g/mol. The van der Waals surface area contributed by atoms with E-state index in [4.69, 9.17) is 4.74 Å². The van der Waals surface area contributed by atoms with Gasteiger partial charge < -0.3 is 15.0 Å². The van der Waals surface area contributed by atoms with E-state index in [-0.39, 0.29) is 17.9 Å². The maximum atomic E-state index is 13.0. The molecule has 2 unspecified atom stereocenters. The Kier molecular flexibility index (Phi) is 3.51. The van der Waals surface area contributed by atoms with Crippen molar-refractivity contribution in [1.29, 1.82) is 0 Å². The van der Waals surface area contributed by atoms with E-state index in [9.17, 15) is 9.59 Å². The largest absolute Gasteiger partial charge is 0.376 e. The SMILES string of the molecule is CC1(C2CC2)NC(=O)C(C)(C)N(CC2CCCCO2)C1=O. The summed E-state index contributed by atoms with van der Waals surface area (Å²) in [6, 6.07) is 0. The average molecular weight is 294 g/mol. The Morgan fingerprint density at radius 1 is 1.19 bits per heavy atom. The highest BCUT2D eigenvalue weighted by molar-refractivity contribution is 6.02. The Morgan fingerprint density at radius 2 is 1.90 bits per heavy atom. The molecule has 3 fully saturated rings. The molecule has 3 rings (SSSR count). The van der Waals surface area contributed by atoms with E-state index in [1.54, 1.807) is 4.90 Å². The van der Waals surface area contributed by atoms with Crippen LogP contribution >= 0.6 is 0 Å². The zero-order chi connectivity index (χ0) is 15.3. The van der Waals surface area contributed by atoms with Crippen LogP contribution in [0.2, 0.25) is 0 Å². The lowest BCUT2D eigenvalue weighted by molar-refractivity contribution is -0.164. The molecule has 2 aliphatic heterocycles. The van der Waals surface area contributed by atoms with Gasteiger partial charge in [0.15, 0.2) is 0 Å². The fourth-order valence-electron chi connectivity index (χ4n) is 3.50. The van der Waals surface area contributed by atoms with Crippen molar-refractivity contribution in [1.82, 2.24) is 10.2 Å². The van der Waals surface area contributed by atoms with Gasteiger partial charge >= 0.3 is 0 Å². The Hall–Kier alpha value is -1.10. The second kappa shape index (κ2) is 4.97. The van der Waals surface area contributed by atoms with Crippen molar-refractivity contribution in [2.75, 3.05) is 13.2 Å². The molecule has 0 aromatic heterocycles. The number of nitrogens with zero attached hydrogens (tertiary/aromatic N) is 1. The summed E-state index contributed by atoms with van der Waals surface area (Å²) in [5.41, 5.74) is -1.52. The van der Waals surface area contributed by atoms with Crippen LogP contribution in [0, 0.1) is 5.92 Å². The first-order chi connectivity index (χ1) is 9.85. The van der Waals surface area contributed by atoms with Crippen molar-refractivity contribution in [3.05, 3.63) is 0 Å². The lowest BCUT2D eigenvalue weighted by Gasteiger charge is -2.50. The van der Waals surface area contributed by atoms with E-state index in [2.05, 4.69) is 5.32 Å². The van der Waals surface area contributed by atoms with Crippen LogP contribution < -0.4 is 5.32 Å². The predicted octanol–water partition coefficient (Wildman–Crippen LogP) is 1.46. The maximum absolute atomic E-state index is 13.0. The number of nitrogens with one attached hydrogen (secondary N) is 1. The van der Waals surface area contributed by atoms with E-state index in [0.29, 0.717) is 12.5 Å². The molecule has 0 bridgehead atoms. The fourth-order valence-corrected chi connectivity index (χ4v) is 3.50. The Bertz CT molecular complexity index is 452. The molecule has 5 heteroatoms. The summed E-state index contributed by atoms with van der Waals surface area (Å²) < 4.78 is 5.78. The molecular formula is C16H26N2O3. The van der Waals surface area contributed by atoms with Gasteiger partial charge in [0.2, 0.25) is 11.8 Å². The van der Waals surface area contributed by atoms with E-state index in [0.717, 1.165) is 38.7 Å². The normalized spacial score (nSPS) is 36.5. The van der Waals surface area contributed by atoms with Crippen LogP contribution in [-0.4, -0.2) is 47.0 Å². The van der Waals surface area contributed by atoms with Crippen LogP contribution in [0.15, 0.2) is 0 Å². The summed E-state index contributed by atoms with van der Waals surface area (Å²) in [7, 11) is 0. The number of piperazine rings is 1. The van der Waals surface area contributed by atoms with E-state index in [1.807, 2.05) is 20.8 Å². The summed E-state index contributed by atoms with van der Waals surface area (Å²) in [5, 5.41) is 2.99. The number of hydrogen-bond acceptors (Lipinski definition) is 3. The minimum atomic E-state index is -0.799. The third-order valence-electron chi connectivity index (χ3n) is 5.35. The molecule has 1 saturated carbocycles. The number of carbonyl (C=O) groups excluding carboxylic acids is 2. The van der Waals surface area contributed by atoms with Gasteiger partial charge in [-0.05, 0) is 58.8 Å². The summed E-state index contributed by atoms with van der Waals surface area (Å²) in [4.78, 5) is 27.3. The third-order valence-corrected chi connectivity index (χ3v) is 5.35. The number of carbonyl (C=O) groups is 2. The molecule has 0 radical (unpaired) electrons. The zero-order valence-electron chi connectivity index (χ0n) is 13.3. The van der Waals surface area contributed by atoms with E-state index < -0.39 is 11.1 Å². The van der Waals surface area contributed by atoms with Gasteiger partial charge in [-0.1, -0.05) is 0 Å². The van der Waals surface area contributed by atoms with Gasteiger partial charge in [0.25, 0.3) is 0 Å². The zero-order valence-corrected chi connectivity index (χ0v) is 13.3. The van der Waals surface area contributed by atoms with Crippen LogP contribution in [0.25, 0.3) is 0 Å². The van der Waals surface area contributed by atoms with Crippen LogP contribution in [0.1, 0.15) is 52.9 Å². The fraction of sp³-hybridized carbons (Fsp3) is 0.875. The second-order valence-corrected chi connectivity index (χ2v) is 7.39. The molecule has 0 spiro atoms. The molecule has 2 saturated heterocycles. The van der Waals surface area contributed by atoms with Crippen LogP contribution in [0.3, 0.4) is 0 Å². The summed E-state index contributed by atoms with van der Waals surface area (Å²) in [6.07, 6.45) is 5.32. The summed E-state index contributed by atoms with van der Waals surface area (Å²) >= 11 is 0. The van der Waals surface area contributed by atoms with Gasteiger partial charge in [-0.2, -0.15) is 0 Å². The highest BCUT2D eigenvalue weighted by Crippen LogP contribution is 2.43. The predicted molar refractivity (Wildman–Crippen MR) is 78.7 cm³/mol. The summed E-state index contributed by atoms with van der Waals surface area (Å²) in [5.74, 6) is 0.302. The lowest BCUT2D eigenvalue weighted by atomic mass is 9.84. The minimum absolute atomic E-state index is 0.0488. The van der Waals surface area contributed by atoms with Crippen molar-refractivity contribution in [2.45, 2.75) is 70.1 Å². The molecule has 118 valence electrons. The van der Waals surface area contributed by atoms with Gasteiger partial charge in [-0.3, -0.25) is 9.59 Å². The molecule has 0 aromatic carbocycles. The van der Waals surface area contributed by atoms with Crippen LogP contribution in [0.5, 0.6) is 0 Å². The highest BCUT2D eigenvalue weighted by atomic mass is 16.5. The van der Waals surface area contributed by atoms with Gasteiger partial charge in [0.05, 0.1) is 6.10 Å². The highest BCUT2D eigenvalue weighted by Gasteiger charge is 2.58. The van der Waals surface area contributed by atoms with Crippen molar-refractivity contribution in [3.8, 4) is 0 Å². The van der Waals surface area contributed by atoms with Gasteiger partial charge in [-0.25, -0.2) is 0 Å². The number of hydrogen-bond donors (Lipinski definition) is 1. The van der Waals surface area contributed by atoms with Gasteiger partial charge in [-0.15, -0.1) is 0 Å². The van der Waals surface area contributed by atoms with Crippen LogP contribution in [-0.2, 0) is 14.3 Å². The van der Waals surface area contributed by atoms with E-state index in [1.165, 1.54) is 0 Å². The number of ether oxygens (including phenoxy) is 1. The third kappa shape index (κ3) is 2.45. The molecule has 1 N–H and O–H groups in total. The van der Waals surface area contributed by atoms with Crippen molar-refractivity contribution >= 4 is 11.8 Å². The lowest BCUT2D eigenvalue weighted by Crippen LogP contribution is -2.74. The molecule has 1 aliphatic carbocycles. The molecule has 0 aromatic rings. The van der Waals surface area contributed by atoms with Crippen molar-refractivity contribution < 1.29 is 14.3 Å². The molecule has 3 aliphatic rings. The second-order valence-electron chi connectivity index (χ2n) is 7.39. The number of rotatable bonds is 3. The topological polar surface area (TPSA) is 58.6 Å². The molecule has 2 amide bonds. The Labute approximate surface area is 126 Å². The molecule has 5 nitrogen and oxygen atoms in total. The first kappa shape index (κ1) is 14.8. The monoisotopic (exact) mass is 294 g/mol. The maximum Gasteiger partial charge on any atom is 0.249 e. The Balaban J connectivity index is 1.82. The van der Waals surface area contributed by atoms with Gasteiger partial charge in [0, 0.05) is 13.2 Å². The quantitative estimate of drug-likeness (QED) is 0.857. The number of amides is 2. The molecule has 21 heavy (non-hydrogen) atoms. The molecule has 2 heterocycles. The Morgan fingerprint density at radius 3 is 2.48 bits per heavy atom. The summed E-state index contributed by atoms with van der Waals surface area (Å²) in [6.45, 7) is 6.83. The smallest absolute Gasteiger partial charge is 0.249 e. The van der Waals surface area contributed by atoms with Crippen molar-refractivity contribution in [3.63, 3.8) is 0 Å². The average Bonchev–Trinajstić information content (AvgIpc) is 3.28. The van der Waals surface area contributed by atoms with Crippen molar-refractivity contribution in [2.24, 2.45) is 5.92 Å². The first-order valence-corrected chi connectivity index (χ1v) is 8.12.